The van der Waals surface area contributed by atoms with Gasteiger partial charge in [0.25, 0.3) is 5.91 Å². The molecule has 1 amide bonds. The average molecular weight is 236 g/mol. The van der Waals surface area contributed by atoms with Crippen molar-refractivity contribution in [2.45, 2.75) is 13.8 Å². The van der Waals surface area contributed by atoms with Gasteiger partial charge in [0.2, 0.25) is 0 Å². The Morgan fingerprint density at radius 1 is 1.53 bits per heavy atom. The summed E-state index contributed by atoms with van der Waals surface area (Å²) in [5.74, 6) is 0.154. The third-order valence-corrected chi connectivity index (χ3v) is 2.51. The van der Waals surface area contributed by atoms with Crippen molar-refractivity contribution in [3.05, 3.63) is 29.3 Å². The van der Waals surface area contributed by atoms with Crippen LogP contribution in [-0.4, -0.2) is 26.2 Å². The van der Waals surface area contributed by atoms with Crippen LogP contribution in [0.3, 0.4) is 0 Å². The van der Waals surface area contributed by atoms with Crippen LogP contribution in [0.5, 0.6) is 0 Å². The van der Waals surface area contributed by atoms with Gasteiger partial charge in [0.05, 0.1) is 12.2 Å². The molecular formula is C13H20N2O2. The van der Waals surface area contributed by atoms with Crippen LogP contribution in [0.2, 0.25) is 0 Å². The number of nitrogen functional groups attached to an aromatic ring is 1. The second-order valence-corrected chi connectivity index (χ2v) is 4.36. The highest BCUT2D eigenvalue weighted by molar-refractivity contribution is 5.99. The summed E-state index contributed by atoms with van der Waals surface area (Å²) in [6.45, 7) is 5.17. The van der Waals surface area contributed by atoms with Crippen LogP contribution in [0.1, 0.15) is 22.8 Å². The van der Waals surface area contributed by atoms with E-state index in [2.05, 4.69) is 5.32 Å². The predicted molar refractivity (Wildman–Crippen MR) is 69.0 cm³/mol. The Labute approximate surface area is 102 Å². The lowest BCUT2D eigenvalue weighted by atomic mass is 10.1. The Bertz CT molecular complexity index is 391. The van der Waals surface area contributed by atoms with Crippen LogP contribution in [0, 0.1) is 12.8 Å². The minimum absolute atomic E-state index is 0.134. The zero-order valence-corrected chi connectivity index (χ0v) is 10.6. The summed E-state index contributed by atoms with van der Waals surface area (Å²) in [4.78, 5) is 11.9. The highest BCUT2D eigenvalue weighted by Crippen LogP contribution is 2.13. The first kappa shape index (κ1) is 13.5. The van der Waals surface area contributed by atoms with Gasteiger partial charge in [0, 0.05) is 19.3 Å². The molecular weight excluding hydrogens is 216 g/mol. The summed E-state index contributed by atoms with van der Waals surface area (Å²) in [6, 6.07) is 5.43. The first-order valence-electron chi connectivity index (χ1n) is 5.68. The molecule has 1 unspecified atom stereocenters. The number of nitrogens with one attached hydrogen (secondary N) is 1. The van der Waals surface area contributed by atoms with Gasteiger partial charge in [-0.05, 0) is 30.5 Å². The van der Waals surface area contributed by atoms with Crippen molar-refractivity contribution in [3.8, 4) is 0 Å². The molecule has 1 atom stereocenters. The molecule has 0 saturated carbocycles. The van der Waals surface area contributed by atoms with E-state index in [0.717, 1.165) is 5.56 Å². The van der Waals surface area contributed by atoms with Crippen LogP contribution in [0.15, 0.2) is 18.2 Å². The molecule has 0 bridgehead atoms. The van der Waals surface area contributed by atoms with Crippen molar-refractivity contribution in [3.63, 3.8) is 0 Å². The number of ether oxygens (including phenoxy) is 1. The smallest absolute Gasteiger partial charge is 0.253 e. The van der Waals surface area contributed by atoms with E-state index in [9.17, 15) is 4.79 Å². The maximum Gasteiger partial charge on any atom is 0.253 e. The van der Waals surface area contributed by atoms with Crippen LogP contribution < -0.4 is 11.1 Å². The molecule has 17 heavy (non-hydrogen) atoms. The molecule has 0 radical (unpaired) electrons. The van der Waals surface area contributed by atoms with E-state index in [0.29, 0.717) is 24.4 Å². The highest BCUT2D eigenvalue weighted by Gasteiger charge is 2.10. The number of hydrogen-bond donors (Lipinski definition) is 2. The molecule has 0 fully saturated rings. The minimum Gasteiger partial charge on any atom is -0.398 e. The number of methoxy groups -OCH3 is 1. The number of nitrogens with two attached hydrogens (primary N) is 1. The van der Waals surface area contributed by atoms with E-state index >= 15 is 0 Å². The lowest BCUT2D eigenvalue weighted by Gasteiger charge is -2.12. The Hall–Kier alpha value is -1.55. The SMILES string of the molecule is COCC(C)CNC(=O)c1ccc(C)cc1N. The zero-order valence-electron chi connectivity index (χ0n) is 10.6. The van der Waals surface area contributed by atoms with E-state index in [1.165, 1.54) is 0 Å². The topological polar surface area (TPSA) is 64.3 Å². The molecule has 0 saturated heterocycles. The van der Waals surface area contributed by atoms with E-state index in [4.69, 9.17) is 10.5 Å². The summed E-state index contributed by atoms with van der Waals surface area (Å²) in [5, 5.41) is 2.84. The predicted octanol–water partition coefficient (Wildman–Crippen LogP) is 1.59. The molecule has 0 aliphatic rings. The molecule has 94 valence electrons. The van der Waals surface area contributed by atoms with Crippen molar-refractivity contribution < 1.29 is 9.53 Å². The molecule has 0 aromatic heterocycles. The van der Waals surface area contributed by atoms with Gasteiger partial charge >= 0.3 is 0 Å². The molecule has 1 aromatic rings. The average Bonchev–Trinajstić information content (AvgIpc) is 2.26. The Morgan fingerprint density at radius 2 is 2.24 bits per heavy atom. The maximum atomic E-state index is 11.9. The zero-order chi connectivity index (χ0) is 12.8. The number of amides is 1. The first-order valence-corrected chi connectivity index (χ1v) is 5.68. The van der Waals surface area contributed by atoms with Crippen molar-refractivity contribution in [1.29, 1.82) is 0 Å². The summed E-state index contributed by atoms with van der Waals surface area (Å²) < 4.78 is 5.01. The number of carbonyl (C=O) groups is 1. The fourth-order valence-corrected chi connectivity index (χ4v) is 1.59. The molecule has 0 aliphatic carbocycles. The van der Waals surface area contributed by atoms with Crippen LogP contribution in [0.4, 0.5) is 5.69 Å². The minimum atomic E-state index is -0.134. The van der Waals surface area contributed by atoms with Crippen molar-refractivity contribution >= 4 is 11.6 Å². The van der Waals surface area contributed by atoms with E-state index < -0.39 is 0 Å². The molecule has 0 heterocycles. The summed E-state index contributed by atoms with van der Waals surface area (Å²) >= 11 is 0. The van der Waals surface area contributed by atoms with Gasteiger partial charge in [0.15, 0.2) is 0 Å². The third-order valence-electron chi connectivity index (χ3n) is 2.51. The van der Waals surface area contributed by atoms with E-state index in [1.807, 2.05) is 19.9 Å². The van der Waals surface area contributed by atoms with Gasteiger partial charge in [-0.25, -0.2) is 0 Å². The Kier molecular flexibility index (Phi) is 4.97. The van der Waals surface area contributed by atoms with Crippen LogP contribution in [0.25, 0.3) is 0 Å². The molecule has 4 nitrogen and oxygen atoms in total. The Balaban J connectivity index is 2.58. The molecule has 1 aromatic carbocycles. The van der Waals surface area contributed by atoms with Crippen molar-refractivity contribution in [2.24, 2.45) is 5.92 Å². The number of hydrogen-bond acceptors (Lipinski definition) is 3. The number of aryl methyl sites for hydroxylation is 1. The fraction of sp³-hybridized carbons (Fsp3) is 0.462. The largest absolute Gasteiger partial charge is 0.398 e. The number of carbonyl (C=O) groups excluding carboxylic acids is 1. The number of benzene rings is 1. The van der Waals surface area contributed by atoms with Crippen molar-refractivity contribution in [2.75, 3.05) is 26.0 Å². The summed E-state index contributed by atoms with van der Waals surface area (Å²) in [7, 11) is 1.65. The second-order valence-electron chi connectivity index (χ2n) is 4.36. The van der Waals surface area contributed by atoms with Crippen LogP contribution in [-0.2, 0) is 4.74 Å². The van der Waals surface area contributed by atoms with Gasteiger partial charge in [-0.1, -0.05) is 13.0 Å². The van der Waals surface area contributed by atoms with Gasteiger partial charge in [-0.3, -0.25) is 4.79 Å². The molecule has 0 aliphatic heterocycles. The normalized spacial score (nSPS) is 12.2. The fourth-order valence-electron chi connectivity index (χ4n) is 1.59. The van der Waals surface area contributed by atoms with Gasteiger partial charge in [-0.15, -0.1) is 0 Å². The van der Waals surface area contributed by atoms with Gasteiger partial charge < -0.3 is 15.8 Å². The van der Waals surface area contributed by atoms with Crippen LogP contribution >= 0.6 is 0 Å². The summed E-state index contributed by atoms with van der Waals surface area (Å²) in [5.41, 5.74) is 7.89. The van der Waals surface area contributed by atoms with E-state index in [1.54, 1.807) is 19.2 Å². The molecule has 4 heteroatoms. The van der Waals surface area contributed by atoms with Crippen molar-refractivity contribution in [1.82, 2.24) is 5.32 Å². The highest BCUT2D eigenvalue weighted by atomic mass is 16.5. The monoisotopic (exact) mass is 236 g/mol. The van der Waals surface area contributed by atoms with Gasteiger partial charge in [0.1, 0.15) is 0 Å². The molecule has 1 rings (SSSR count). The molecule has 0 spiro atoms. The second kappa shape index (κ2) is 6.25. The lowest BCUT2D eigenvalue weighted by molar-refractivity contribution is 0.0935. The standard InChI is InChI=1S/C13H20N2O2/c1-9-4-5-11(12(14)6-9)13(16)15-7-10(2)8-17-3/h4-6,10H,7-8,14H2,1-3H3,(H,15,16). The third kappa shape index (κ3) is 4.07. The maximum absolute atomic E-state index is 11.9. The quantitative estimate of drug-likeness (QED) is 0.763. The Morgan fingerprint density at radius 3 is 2.82 bits per heavy atom. The first-order chi connectivity index (χ1) is 8.04. The van der Waals surface area contributed by atoms with E-state index in [-0.39, 0.29) is 11.8 Å². The number of rotatable bonds is 5. The molecule has 3 N–H and O–H groups in total. The summed E-state index contributed by atoms with van der Waals surface area (Å²) in [6.07, 6.45) is 0. The lowest BCUT2D eigenvalue weighted by Crippen LogP contribution is -2.30. The van der Waals surface area contributed by atoms with Gasteiger partial charge in [-0.2, -0.15) is 0 Å². The number of anilines is 1.